The van der Waals surface area contributed by atoms with Gasteiger partial charge in [0.15, 0.2) is 0 Å². The van der Waals surface area contributed by atoms with E-state index < -0.39 is 11.9 Å². The zero-order valence-corrected chi connectivity index (χ0v) is 14.5. The Kier molecular flexibility index (Phi) is 7.01. The van der Waals surface area contributed by atoms with Crippen LogP contribution in [0.15, 0.2) is 48.5 Å². The molecule has 2 aromatic carbocycles. The van der Waals surface area contributed by atoms with Crippen LogP contribution in [-0.4, -0.2) is 25.2 Å². The first-order valence-electron chi connectivity index (χ1n) is 8.36. The first kappa shape index (κ1) is 18.5. The highest BCUT2D eigenvalue weighted by molar-refractivity contribution is 5.92. The van der Waals surface area contributed by atoms with Gasteiger partial charge < -0.3 is 14.2 Å². The maximum absolute atomic E-state index is 12.2. The van der Waals surface area contributed by atoms with Crippen LogP contribution in [0.5, 0.6) is 11.5 Å². The third-order valence-corrected chi connectivity index (χ3v) is 3.43. The van der Waals surface area contributed by atoms with Gasteiger partial charge in [0.1, 0.15) is 11.5 Å². The minimum Gasteiger partial charge on any atom is -0.494 e. The van der Waals surface area contributed by atoms with Crippen molar-refractivity contribution in [3.63, 3.8) is 0 Å². The fraction of sp³-hybridized carbons (Fsp3) is 0.300. The second kappa shape index (κ2) is 9.47. The summed E-state index contributed by atoms with van der Waals surface area (Å²) in [5.74, 6) is 0.216. The Balaban J connectivity index is 1.93. The molecule has 0 N–H and O–H groups in total. The minimum absolute atomic E-state index is 0.313. The molecule has 0 saturated heterocycles. The van der Waals surface area contributed by atoms with E-state index in [2.05, 4.69) is 6.92 Å². The molecule has 0 fully saturated rings. The summed E-state index contributed by atoms with van der Waals surface area (Å²) in [7, 11) is 0. The molecule has 2 rings (SSSR count). The maximum atomic E-state index is 12.2. The molecular formula is C20H22O5. The van der Waals surface area contributed by atoms with E-state index >= 15 is 0 Å². The van der Waals surface area contributed by atoms with Gasteiger partial charge in [-0.1, -0.05) is 13.3 Å². The maximum Gasteiger partial charge on any atom is 0.343 e. The largest absolute Gasteiger partial charge is 0.494 e. The van der Waals surface area contributed by atoms with Crippen molar-refractivity contribution in [1.29, 1.82) is 0 Å². The second-order valence-corrected chi connectivity index (χ2v) is 5.36. The average Bonchev–Trinajstić information content (AvgIpc) is 2.63. The predicted octanol–water partition coefficient (Wildman–Crippen LogP) is 4.26. The van der Waals surface area contributed by atoms with Crippen LogP contribution in [0, 0.1) is 0 Å². The number of hydrogen-bond donors (Lipinski definition) is 0. The van der Waals surface area contributed by atoms with Crippen molar-refractivity contribution in [1.82, 2.24) is 0 Å². The number of rotatable bonds is 8. The van der Waals surface area contributed by atoms with E-state index in [0.717, 1.165) is 18.6 Å². The average molecular weight is 342 g/mol. The highest BCUT2D eigenvalue weighted by atomic mass is 16.5. The summed E-state index contributed by atoms with van der Waals surface area (Å²) in [4.78, 5) is 23.7. The molecule has 0 aliphatic carbocycles. The minimum atomic E-state index is -0.469. The topological polar surface area (TPSA) is 61.8 Å². The Morgan fingerprint density at radius 2 is 1.36 bits per heavy atom. The SMILES string of the molecule is CCCCOc1ccc(C(=O)Oc2ccc(C(=O)OCC)cc2)cc1. The Morgan fingerprint density at radius 1 is 0.800 bits per heavy atom. The number of hydrogen-bond acceptors (Lipinski definition) is 5. The van der Waals surface area contributed by atoms with Crippen LogP contribution in [0.2, 0.25) is 0 Å². The molecule has 0 aliphatic rings. The summed E-state index contributed by atoms with van der Waals surface area (Å²) in [6.45, 7) is 4.82. The fourth-order valence-electron chi connectivity index (χ4n) is 2.06. The van der Waals surface area contributed by atoms with Gasteiger partial charge in [0, 0.05) is 0 Å². The van der Waals surface area contributed by atoms with E-state index in [9.17, 15) is 9.59 Å². The lowest BCUT2D eigenvalue weighted by molar-refractivity contribution is 0.0526. The molecule has 132 valence electrons. The normalized spacial score (nSPS) is 10.2. The molecule has 0 unspecified atom stereocenters. The smallest absolute Gasteiger partial charge is 0.343 e. The van der Waals surface area contributed by atoms with Gasteiger partial charge in [-0.05, 0) is 61.9 Å². The van der Waals surface area contributed by atoms with Gasteiger partial charge in [-0.2, -0.15) is 0 Å². The van der Waals surface area contributed by atoms with Gasteiger partial charge in [-0.3, -0.25) is 0 Å². The number of unbranched alkanes of at least 4 members (excludes halogenated alkanes) is 1. The molecule has 0 spiro atoms. The van der Waals surface area contributed by atoms with E-state index in [-0.39, 0.29) is 0 Å². The molecule has 0 atom stereocenters. The molecule has 0 aliphatic heterocycles. The predicted molar refractivity (Wildman–Crippen MR) is 94.2 cm³/mol. The van der Waals surface area contributed by atoms with Crippen LogP contribution >= 0.6 is 0 Å². The standard InChI is InChI=1S/C20H22O5/c1-3-5-14-24-17-10-6-16(7-11-17)20(22)25-18-12-8-15(9-13-18)19(21)23-4-2/h6-13H,3-5,14H2,1-2H3. The lowest BCUT2D eigenvalue weighted by Gasteiger charge is -2.07. The van der Waals surface area contributed by atoms with Crippen molar-refractivity contribution in [3.05, 3.63) is 59.7 Å². The Hall–Kier alpha value is -2.82. The first-order chi connectivity index (χ1) is 12.1. The number of carbonyl (C=O) groups excluding carboxylic acids is 2. The molecule has 5 nitrogen and oxygen atoms in total. The molecule has 2 aromatic rings. The van der Waals surface area contributed by atoms with Crippen LogP contribution in [0.1, 0.15) is 47.4 Å². The van der Waals surface area contributed by atoms with Crippen molar-refractivity contribution < 1.29 is 23.8 Å². The monoisotopic (exact) mass is 342 g/mol. The number of ether oxygens (including phenoxy) is 3. The van der Waals surface area contributed by atoms with Crippen LogP contribution in [0.25, 0.3) is 0 Å². The van der Waals surface area contributed by atoms with E-state index in [1.165, 1.54) is 0 Å². The second-order valence-electron chi connectivity index (χ2n) is 5.36. The summed E-state index contributed by atoms with van der Waals surface area (Å²) in [6, 6.07) is 13.1. The summed E-state index contributed by atoms with van der Waals surface area (Å²) < 4.78 is 15.8. The summed E-state index contributed by atoms with van der Waals surface area (Å²) in [5.41, 5.74) is 0.840. The molecule has 5 heteroatoms. The van der Waals surface area contributed by atoms with E-state index in [1.807, 2.05) is 0 Å². The zero-order valence-electron chi connectivity index (χ0n) is 14.5. The molecule has 0 aromatic heterocycles. The van der Waals surface area contributed by atoms with Crippen LogP contribution in [0.3, 0.4) is 0 Å². The van der Waals surface area contributed by atoms with Crippen molar-refractivity contribution in [2.45, 2.75) is 26.7 Å². The van der Waals surface area contributed by atoms with Crippen molar-refractivity contribution in [2.75, 3.05) is 13.2 Å². The van der Waals surface area contributed by atoms with Gasteiger partial charge in [-0.25, -0.2) is 9.59 Å². The van der Waals surface area contributed by atoms with Gasteiger partial charge in [0.05, 0.1) is 24.3 Å². The van der Waals surface area contributed by atoms with Gasteiger partial charge in [-0.15, -0.1) is 0 Å². The lowest BCUT2D eigenvalue weighted by atomic mass is 10.2. The quantitative estimate of drug-likeness (QED) is 0.407. The van der Waals surface area contributed by atoms with E-state index in [1.54, 1.807) is 55.5 Å². The molecule has 0 heterocycles. The Bertz CT molecular complexity index is 689. The summed E-state index contributed by atoms with van der Waals surface area (Å²) in [6.07, 6.45) is 2.06. The van der Waals surface area contributed by atoms with Gasteiger partial charge in [0.25, 0.3) is 0 Å². The van der Waals surface area contributed by atoms with Gasteiger partial charge in [0.2, 0.25) is 0 Å². The highest BCUT2D eigenvalue weighted by Gasteiger charge is 2.10. The van der Waals surface area contributed by atoms with Crippen molar-refractivity contribution >= 4 is 11.9 Å². The van der Waals surface area contributed by atoms with E-state index in [4.69, 9.17) is 14.2 Å². The molecule has 0 bridgehead atoms. The first-order valence-corrected chi connectivity index (χ1v) is 8.36. The highest BCUT2D eigenvalue weighted by Crippen LogP contribution is 2.17. The van der Waals surface area contributed by atoms with Gasteiger partial charge >= 0.3 is 11.9 Å². The van der Waals surface area contributed by atoms with Crippen molar-refractivity contribution in [2.24, 2.45) is 0 Å². The molecule has 25 heavy (non-hydrogen) atoms. The molecule has 0 radical (unpaired) electrons. The molecule has 0 saturated carbocycles. The summed E-state index contributed by atoms with van der Waals surface area (Å²) >= 11 is 0. The number of carbonyl (C=O) groups is 2. The van der Waals surface area contributed by atoms with Crippen molar-refractivity contribution in [3.8, 4) is 11.5 Å². The fourth-order valence-corrected chi connectivity index (χ4v) is 2.06. The Morgan fingerprint density at radius 3 is 1.92 bits per heavy atom. The lowest BCUT2D eigenvalue weighted by Crippen LogP contribution is -2.09. The third-order valence-electron chi connectivity index (χ3n) is 3.43. The number of esters is 2. The van der Waals surface area contributed by atoms with E-state index in [0.29, 0.717) is 30.1 Å². The van der Waals surface area contributed by atoms with Crippen LogP contribution in [0.4, 0.5) is 0 Å². The van der Waals surface area contributed by atoms with Crippen LogP contribution in [-0.2, 0) is 4.74 Å². The molecule has 0 amide bonds. The number of benzene rings is 2. The summed E-state index contributed by atoms with van der Waals surface area (Å²) in [5, 5.41) is 0. The molecular weight excluding hydrogens is 320 g/mol. The zero-order chi connectivity index (χ0) is 18.1. The third kappa shape index (κ3) is 5.64. The van der Waals surface area contributed by atoms with Crippen LogP contribution < -0.4 is 9.47 Å². The Labute approximate surface area is 147 Å².